The summed E-state index contributed by atoms with van der Waals surface area (Å²) < 4.78 is 2.09. The van der Waals surface area contributed by atoms with Crippen LogP contribution >= 0.6 is 15.9 Å². The molecule has 1 saturated carbocycles. The van der Waals surface area contributed by atoms with Gasteiger partial charge in [-0.2, -0.15) is 5.10 Å². The molecule has 1 atom stereocenters. The van der Waals surface area contributed by atoms with E-state index in [1.165, 1.54) is 23.9 Å². The Hall–Kier alpha value is -0.840. The average molecular weight is 314 g/mol. The molecule has 0 spiro atoms. The molecule has 1 aromatic heterocycles. The van der Waals surface area contributed by atoms with E-state index in [0.717, 1.165) is 18.0 Å². The topological polar surface area (TPSA) is 46.9 Å². The summed E-state index contributed by atoms with van der Waals surface area (Å²) in [6, 6.07) is 0.386. The third-order valence-corrected chi connectivity index (χ3v) is 3.97. The SMILES string of the molecule is CCCn1ncc(NC(C)CC2CC2)c(Br)c1=O. The Morgan fingerprint density at radius 3 is 2.94 bits per heavy atom. The van der Waals surface area contributed by atoms with E-state index in [0.29, 0.717) is 17.1 Å². The zero-order chi connectivity index (χ0) is 13.1. The number of anilines is 1. The number of aryl methyl sites for hydroxylation is 1. The van der Waals surface area contributed by atoms with Gasteiger partial charge in [-0.15, -0.1) is 0 Å². The number of halogens is 1. The van der Waals surface area contributed by atoms with Gasteiger partial charge in [0.05, 0.1) is 11.9 Å². The van der Waals surface area contributed by atoms with Crippen LogP contribution in [0.1, 0.15) is 39.5 Å². The smallest absolute Gasteiger partial charge is 0.283 e. The van der Waals surface area contributed by atoms with Gasteiger partial charge in [0, 0.05) is 12.6 Å². The number of nitrogens with one attached hydrogen (secondary N) is 1. The fraction of sp³-hybridized carbons (Fsp3) is 0.692. The predicted molar refractivity (Wildman–Crippen MR) is 76.9 cm³/mol. The molecule has 0 saturated heterocycles. The van der Waals surface area contributed by atoms with Crippen LogP contribution in [-0.2, 0) is 6.54 Å². The van der Waals surface area contributed by atoms with Crippen LogP contribution in [0.25, 0.3) is 0 Å². The summed E-state index contributed by atoms with van der Waals surface area (Å²) >= 11 is 3.38. The molecule has 1 heterocycles. The second-order valence-corrected chi connectivity index (χ2v) is 5.92. The van der Waals surface area contributed by atoms with Crippen molar-refractivity contribution in [2.45, 2.75) is 52.1 Å². The number of hydrogen-bond acceptors (Lipinski definition) is 3. The number of nitrogens with zero attached hydrogens (tertiary/aromatic N) is 2. The minimum atomic E-state index is -0.0551. The fourth-order valence-electron chi connectivity index (χ4n) is 2.11. The Labute approximate surface area is 116 Å². The van der Waals surface area contributed by atoms with E-state index in [1.54, 1.807) is 6.20 Å². The Morgan fingerprint density at radius 2 is 2.33 bits per heavy atom. The van der Waals surface area contributed by atoms with Gasteiger partial charge in [-0.3, -0.25) is 4.79 Å². The molecule has 100 valence electrons. The lowest BCUT2D eigenvalue weighted by Gasteiger charge is -2.16. The molecule has 1 fully saturated rings. The molecule has 1 unspecified atom stereocenters. The lowest BCUT2D eigenvalue weighted by atomic mass is 10.1. The van der Waals surface area contributed by atoms with Crippen molar-refractivity contribution in [2.75, 3.05) is 5.32 Å². The maximum absolute atomic E-state index is 12.0. The fourth-order valence-corrected chi connectivity index (χ4v) is 2.54. The standard InChI is InChI=1S/C13H20BrN3O/c1-3-6-17-13(18)12(14)11(8-15-17)16-9(2)7-10-4-5-10/h8-10,16H,3-7H2,1-2H3. The van der Waals surface area contributed by atoms with Gasteiger partial charge < -0.3 is 5.32 Å². The van der Waals surface area contributed by atoms with Crippen LogP contribution in [-0.4, -0.2) is 15.8 Å². The molecule has 1 aliphatic rings. The number of hydrogen-bond donors (Lipinski definition) is 1. The zero-order valence-electron chi connectivity index (χ0n) is 10.9. The molecular weight excluding hydrogens is 294 g/mol. The molecule has 0 radical (unpaired) electrons. The van der Waals surface area contributed by atoms with E-state index >= 15 is 0 Å². The van der Waals surface area contributed by atoms with Crippen molar-refractivity contribution < 1.29 is 0 Å². The summed E-state index contributed by atoms with van der Waals surface area (Å²) in [7, 11) is 0. The largest absolute Gasteiger partial charge is 0.380 e. The van der Waals surface area contributed by atoms with E-state index in [1.807, 2.05) is 6.92 Å². The minimum absolute atomic E-state index is 0.0551. The van der Waals surface area contributed by atoms with E-state index in [9.17, 15) is 4.79 Å². The normalized spacial score (nSPS) is 16.6. The van der Waals surface area contributed by atoms with Crippen molar-refractivity contribution in [1.82, 2.24) is 9.78 Å². The van der Waals surface area contributed by atoms with Crippen LogP contribution in [0.2, 0.25) is 0 Å². The second kappa shape index (κ2) is 5.87. The van der Waals surface area contributed by atoms with E-state index in [2.05, 4.69) is 33.3 Å². The molecule has 18 heavy (non-hydrogen) atoms. The molecule has 0 aliphatic heterocycles. The highest BCUT2D eigenvalue weighted by Crippen LogP contribution is 2.34. The number of rotatable bonds is 6. The monoisotopic (exact) mass is 313 g/mol. The maximum Gasteiger partial charge on any atom is 0.283 e. The molecule has 2 rings (SSSR count). The van der Waals surface area contributed by atoms with Crippen LogP contribution in [0, 0.1) is 5.92 Å². The van der Waals surface area contributed by atoms with Gasteiger partial charge in [0.2, 0.25) is 0 Å². The van der Waals surface area contributed by atoms with E-state index < -0.39 is 0 Å². The Bertz CT molecular complexity index is 468. The molecule has 0 aromatic carbocycles. The molecule has 5 heteroatoms. The van der Waals surface area contributed by atoms with Gasteiger partial charge in [-0.05, 0) is 41.6 Å². The first-order valence-corrected chi connectivity index (χ1v) is 7.43. The summed E-state index contributed by atoms with van der Waals surface area (Å²) in [4.78, 5) is 12.0. The molecular formula is C13H20BrN3O. The molecule has 1 aliphatic carbocycles. The van der Waals surface area contributed by atoms with Gasteiger partial charge in [-0.1, -0.05) is 19.8 Å². The Morgan fingerprint density at radius 1 is 1.61 bits per heavy atom. The van der Waals surface area contributed by atoms with Crippen molar-refractivity contribution in [3.63, 3.8) is 0 Å². The summed E-state index contributed by atoms with van der Waals surface area (Å²) in [6.45, 7) is 4.85. The van der Waals surface area contributed by atoms with Crippen LogP contribution in [0.4, 0.5) is 5.69 Å². The number of aromatic nitrogens is 2. The second-order valence-electron chi connectivity index (χ2n) is 5.12. The lowest BCUT2D eigenvalue weighted by Crippen LogP contribution is -2.26. The summed E-state index contributed by atoms with van der Waals surface area (Å²) in [5.74, 6) is 0.875. The van der Waals surface area contributed by atoms with Crippen LogP contribution in [0.5, 0.6) is 0 Å². The van der Waals surface area contributed by atoms with Crippen LogP contribution in [0.15, 0.2) is 15.5 Å². The lowest BCUT2D eigenvalue weighted by molar-refractivity contribution is 0.564. The van der Waals surface area contributed by atoms with Crippen molar-refractivity contribution in [3.8, 4) is 0 Å². The van der Waals surface area contributed by atoms with Crippen molar-refractivity contribution in [2.24, 2.45) is 5.92 Å². The third kappa shape index (κ3) is 3.34. The first-order chi connectivity index (χ1) is 8.61. The van der Waals surface area contributed by atoms with Gasteiger partial charge in [0.15, 0.2) is 0 Å². The average Bonchev–Trinajstić information content (AvgIpc) is 3.13. The highest BCUT2D eigenvalue weighted by molar-refractivity contribution is 9.10. The predicted octanol–water partition coefficient (Wildman–Crippen LogP) is 3.02. The quantitative estimate of drug-likeness (QED) is 0.878. The van der Waals surface area contributed by atoms with E-state index in [-0.39, 0.29) is 5.56 Å². The van der Waals surface area contributed by atoms with Crippen LogP contribution in [0.3, 0.4) is 0 Å². The molecule has 4 nitrogen and oxygen atoms in total. The molecule has 0 amide bonds. The first kappa shape index (κ1) is 13.6. The van der Waals surface area contributed by atoms with Crippen molar-refractivity contribution >= 4 is 21.6 Å². The van der Waals surface area contributed by atoms with Gasteiger partial charge in [0.25, 0.3) is 5.56 Å². The van der Waals surface area contributed by atoms with E-state index in [4.69, 9.17) is 0 Å². The molecule has 1 aromatic rings. The summed E-state index contributed by atoms with van der Waals surface area (Å²) in [5.41, 5.74) is 0.751. The van der Waals surface area contributed by atoms with Gasteiger partial charge in [-0.25, -0.2) is 4.68 Å². The summed E-state index contributed by atoms with van der Waals surface area (Å²) in [5, 5.41) is 7.56. The van der Waals surface area contributed by atoms with Crippen molar-refractivity contribution in [1.29, 1.82) is 0 Å². The minimum Gasteiger partial charge on any atom is -0.380 e. The first-order valence-electron chi connectivity index (χ1n) is 6.64. The highest BCUT2D eigenvalue weighted by atomic mass is 79.9. The zero-order valence-corrected chi connectivity index (χ0v) is 12.5. The molecule has 1 N–H and O–H groups in total. The molecule has 0 bridgehead atoms. The highest BCUT2D eigenvalue weighted by Gasteiger charge is 2.24. The van der Waals surface area contributed by atoms with Gasteiger partial charge >= 0.3 is 0 Å². The van der Waals surface area contributed by atoms with Gasteiger partial charge in [0.1, 0.15) is 4.47 Å². The Kier molecular flexibility index (Phi) is 4.43. The summed E-state index contributed by atoms with van der Waals surface area (Å²) in [6.07, 6.45) is 6.52. The maximum atomic E-state index is 12.0. The van der Waals surface area contributed by atoms with Crippen molar-refractivity contribution in [3.05, 3.63) is 21.0 Å². The third-order valence-electron chi connectivity index (χ3n) is 3.21. The van der Waals surface area contributed by atoms with Crippen LogP contribution < -0.4 is 10.9 Å². The Balaban J connectivity index is 2.08.